The fraction of sp³-hybridized carbons (Fsp3) is 0.429. The third-order valence-corrected chi connectivity index (χ3v) is 2.88. The van der Waals surface area contributed by atoms with Crippen LogP contribution in [-0.2, 0) is 6.18 Å². The second-order valence-electron chi connectivity index (χ2n) is 4.67. The maximum Gasteiger partial charge on any atom is 0.419 e. The molecule has 1 aromatic rings. The molecular weight excluding hydrogens is 288 g/mol. The number of hydrogen-bond acceptors (Lipinski definition) is 2. The first-order chi connectivity index (χ1) is 9.70. The van der Waals surface area contributed by atoms with Crippen LogP contribution in [0.4, 0.5) is 17.6 Å². The number of carbonyl (C=O) groups is 1. The first-order valence-corrected chi connectivity index (χ1v) is 6.23. The van der Waals surface area contributed by atoms with Crippen LogP contribution in [0.1, 0.15) is 36.2 Å². The predicted molar refractivity (Wildman–Crippen MR) is 67.8 cm³/mol. The van der Waals surface area contributed by atoms with Crippen molar-refractivity contribution in [1.82, 2.24) is 4.90 Å². The van der Waals surface area contributed by atoms with E-state index in [0.717, 1.165) is 12.1 Å². The summed E-state index contributed by atoms with van der Waals surface area (Å²) in [6, 6.07) is 4.06. The molecular formula is C14H14F4N2O. The van der Waals surface area contributed by atoms with Crippen LogP contribution in [0.2, 0.25) is 0 Å². The quantitative estimate of drug-likeness (QED) is 0.797. The van der Waals surface area contributed by atoms with Gasteiger partial charge in [0.1, 0.15) is 5.82 Å². The fourth-order valence-corrected chi connectivity index (χ4v) is 1.84. The van der Waals surface area contributed by atoms with Gasteiger partial charge in [0, 0.05) is 12.6 Å². The van der Waals surface area contributed by atoms with E-state index in [-0.39, 0.29) is 19.0 Å². The summed E-state index contributed by atoms with van der Waals surface area (Å²) in [5.41, 5.74) is -2.12. The molecule has 0 unspecified atom stereocenters. The molecule has 1 rings (SSSR count). The molecule has 0 heterocycles. The zero-order valence-electron chi connectivity index (χ0n) is 11.5. The van der Waals surface area contributed by atoms with E-state index in [1.165, 1.54) is 4.90 Å². The van der Waals surface area contributed by atoms with Gasteiger partial charge in [-0.1, -0.05) is 6.07 Å². The molecule has 0 saturated heterocycles. The number of hydrogen-bond donors (Lipinski definition) is 0. The minimum Gasteiger partial charge on any atom is -0.335 e. The molecule has 0 aliphatic heterocycles. The lowest BCUT2D eigenvalue weighted by atomic mass is 10.1. The van der Waals surface area contributed by atoms with Gasteiger partial charge in [-0.15, -0.1) is 0 Å². The molecule has 21 heavy (non-hydrogen) atoms. The van der Waals surface area contributed by atoms with Crippen molar-refractivity contribution in [3.05, 3.63) is 35.1 Å². The molecule has 0 atom stereocenters. The Bertz CT molecular complexity index is 561. The van der Waals surface area contributed by atoms with Gasteiger partial charge in [-0.2, -0.15) is 18.4 Å². The number of halogens is 4. The fourth-order valence-electron chi connectivity index (χ4n) is 1.84. The molecule has 1 amide bonds. The Hall–Kier alpha value is -2.10. The van der Waals surface area contributed by atoms with Gasteiger partial charge >= 0.3 is 6.18 Å². The Balaban J connectivity index is 3.21. The molecule has 0 bridgehead atoms. The monoisotopic (exact) mass is 302 g/mol. The van der Waals surface area contributed by atoms with Crippen molar-refractivity contribution in [2.24, 2.45) is 0 Å². The summed E-state index contributed by atoms with van der Waals surface area (Å²) in [5.74, 6) is -2.44. The maximum absolute atomic E-state index is 13.9. The maximum atomic E-state index is 13.9. The number of nitriles is 1. The highest BCUT2D eigenvalue weighted by Crippen LogP contribution is 2.32. The van der Waals surface area contributed by atoms with E-state index in [1.54, 1.807) is 13.8 Å². The smallest absolute Gasteiger partial charge is 0.335 e. The minimum atomic E-state index is -4.87. The predicted octanol–water partition coefficient (Wildman–Crippen LogP) is 3.61. The molecule has 0 radical (unpaired) electrons. The van der Waals surface area contributed by atoms with Gasteiger partial charge in [0.2, 0.25) is 0 Å². The first-order valence-electron chi connectivity index (χ1n) is 6.23. The SMILES string of the molecule is CC(C)N(CCC#N)C(=O)c1cccc(C(F)(F)F)c1F. The van der Waals surface area contributed by atoms with Gasteiger partial charge in [-0.3, -0.25) is 4.79 Å². The topological polar surface area (TPSA) is 44.1 Å². The summed E-state index contributed by atoms with van der Waals surface area (Å²) in [6.45, 7) is 3.31. The van der Waals surface area contributed by atoms with Gasteiger partial charge < -0.3 is 4.90 Å². The van der Waals surface area contributed by atoms with Crippen molar-refractivity contribution in [2.75, 3.05) is 6.54 Å². The Labute approximate surface area is 119 Å². The summed E-state index contributed by atoms with van der Waals surface area (Å²) in [4.78, 5) is 13.4. The Morgan fingerprint density at radius 3 is 2.48 bits per heavy atom. The molecule has 114 valence electrons. The molecule has 7 heteroatoms. The standard InChI is InChI=1S/C14H14F4N2O/c1-9(2)20(8-4-7-19)13(21)10-5-3-6-11(12(10)15)14(16,17)18/h3,5-6,9H,4,8H2,1-2H3. The third-order valence-electron chi connectivity index (χ3n) is 2.88. The van der Waals surface area contributed by atoms with Crippen molar-refractivity contribution in [3.8, 4) is 6.07 Å². The van der Waals surface area contributed by atoms with E-state index >= 15 is 0 Å². The lowest BCUT2D eigenvalue weighted by molar-refractivity contribution is -0.140. The Morgan fingerprint density at radius 1 is 1.38 bits per heavy atom. The highest BCUT2D eigenvalue weighted by Gasteiger charge is 2.36. The second-order valence-corrected chi connectivity index (χ2v) is 4.67. The van der Waals surface area contributed by atoms with Gasteiger partial charge in [-0.25, -0.2) is 4.39 Å². The Morgan fingerprint density at radius 2 is 2.00 bits per heavy atom. The van der Waals surface area contributed by atoms with E-state index in [2.05, 4.69) is 0 Å². The van der Waals surface area contributed by atoms with Crippen LogP contribution in [0, 0.1) is 17.1 Å². The van der Waals surface area contributed by atoms with Crippen molar-refractivity contribution < 1.29 is 22.4 Å². The Kier molecular flexibility index (Phi) is 5.30. The van der Waals surface area contributed by atoms with Crippen LogP contribution >= 0.6 is 0 Å². The van der Waals surface area contributed by atoms with Crippen LogP contribution in [0.15, 0.2) is 18.2 Å². The number of carbonyl (C=O) groups excluding carboxylic acids is 1. The van der Waals surface area contributed by atoms with Crippen LogP contribution in [0.5, 0.6) is 0 Å². The van der Waals surface area contributed by atoms with Crippen molar-refractivity contribution >= 4 is 5.91 Å². The third kappa shape index (κ3) is 3.94. The highest BCUT2D eigenvalue weighted by atomic mass is 19.4. The number of alkyl halides is 3. The lowest BCUT2D eigenvalue weighted by Gasteiger charge is -2.26. The first kappa shape index (κ1) is 17.0. The largest absolute Gasteiger partial charge is 0.419 e. The summed E-state index contributed by atoms with van der Waals surface area (Å²) in [7, 11) is 0. The zero-order chi connectivity index (χ0) is 16.2. The molecule has 3 nitrogen and oxygen atoms in total. The average molecular weight is 302 g/mol. The summed E-state index contributed by atoms with van der Waals surface area (Å²) >= 11 is 0. The molecule has 0 aliphatic carbocycles. The van der Waals surface area contributed by atoms with E-state index in [4.69, 9.17) is 5.26 Å². The molecule has 0 fully saturated rings. The van der Waals surface area contributed by atoms with E-state index in [9.17, 15) is 22.4 Å². The van der Waals surface area contributed by atoms with Gasteiger partial charge in [-0.05, 0) is 26.0 Å². The normalized spacial score (nSPS) is 11.3. The average Bonchev–Trinajstić information content (AvgIpc) is 2.37. The molecule has 0 spiro atoms. The summed E-state index contributed by atoms with van der Waals surface area (Å²) in [6.07, 6.45) is -4.85. The second kappa shape index (κ2) is 6.57. The van der Waals surface area contributed by atoms with E-state index in [0.29, 0.717) is 6.07 Å². The van der Waals surface area contributed by atoms with Gasteiger partial charge in [0.15, 0.2) is 0 Å². The number of nitrogens with zero attached hydrogens (tertiary/aromatic N) is 2. The molecule has 0 N–H and O–H groups in total. The van der Waals surface area contributed by atoms with Gasteiger partial charge in [0.05, 0.1) is 23.6 Å². The number of amides is 1. The minimum absolute atomic E-state index is 0.0184. The number of benzene rings is 1. The van der Waals surface area contributed by atoms with Crippen molar-refractivity contribution in [3.63, 3.8) is 0 Å². The molecule has 0 saturated carbocycles. The van der Waals surface area contributed by atoms with E-state index < -0.39 is 29.0 Å². The van der Waals surface area contributed by atoms with E-state index in [1.807, 2.05) is 6.07 Å². The van der Waals surface area contributed by atoms with Crippen molar-refractivity contribution in [1.29, 1.82) is 5.26 Å². The van der Waals surface area contributed by atoms with Crippen LogP contribution < -0.4 is 0 Å². The van der Waals surface area contributed by atoms with Crippen LogP contribution in [0.3, 0.4) is 0 Å². The lowest BCUT2D eigenvalue weighted by Crippen LogP contribution is -2.38. The molecule has 0 aliphatic rings. The summed E-state index contributed by atoms with van der Waals surface area (Å²) in [5, 5.41) is 8.54. The molecule has 0 aromatic heterocycles. The number of rotatable bonds is 4. The molecule has 1 aromatic carbocycles. The highest BCUT2D eigenvalue weighted by molar-refractivity contribution is 5.95. The zero-order valence-corrected chi connectivity index (χ0v) is 11.5. The van der Waals surface area contributed by atoms with Crippen LogP contribution in [-0.4, -0.2) is 23.4 Å². The van der Waals surface area contributed by atoms with Crippen molar-refractivity contribution in [2.45, 2.75) is 32.5 Å². The van der Waals surface area contributed by atoms with Gasteiger partial charge in [0.25, 0.3) is 5.91 Å². The summed E-state index contributed by atoms with van der Waals surface area (Å²) < 4.78 is 51.9. The van der Waals surface area contributed by atoms with Crippen LogP contribution in [0.25, 0.3) is 0 Å².